The number of nitrogens with zero attached hydrogens (tertiary/aromatic N) is 1. The molecule has 4 heteroatoms. The molecule has 0 atom stereocenters. The van der Waals surface area contributed by atoms with E-state index < -0.39 is 5.97 Å². The third-order valence-electron chi connectivity index (χ3n) is 2.07. The smallest absolute Gasteiger partial charge is 0.355 e. The standard InChI is InChI=1S/C9H8BrNO2/c10-6-3-4-7(5-1-2-5)11-8(6)9(12)13/h3-5H,1-2H2,(H,12,13). The van der Waals surface area contributed by atoms with Crippen LogP contribution in [0.15, 0.2) is 16.6 Å². The molecule has 1 aromatic heterocycles. The van der Waals surface area contributed by atoms with Crippen molar-refractivity contribution in [1.29, 1.82) is 0 Å². The molecule has 1 heterocycles. The van der Waals surface area contributed by atoms with Crippen molar-refractivity contribution < 1.29 is 9.90 Å². The van der Waals surface area contributed by atoms with Gasteiger partial charge in [0.2, 0.25) is 0 Å². The molecule has 68 valence electrons. The molecule has 0 aromatic carbocycles. The largest absolute Gasteiger partial charge is 0.476 e. The predicted octanol–water partition coefficient (Wildman–Crippen LogP) is 2.42. The molecule has 2 rings (SSSR count). The van der Waals surface area contributed by atoms with Crippen molar-refractivity contribution in [3.05, 3.63) is 28.0 Å². The summed E-state index contributed by atoms with van der Waals surface area (Å²) in [5.74, 6) is -0.486. The van der Waals surface area contributed by atoms with Gasteiger partial charge in [-0.1, -0.05) is 0 Å². The van der Waals surface area contributed by atoms with Crippen molar-refractivity contribution in [3.63, 3.8) is 0 Å². The minimum Gasteiger partial charge on any atom is -0.476 e. The fourth-order valence-corrected chi connectivity index (χ4v) is 1.60. The molecule has 13 heavy (non-hydrogen) atoms. The van der Waals surface area contributed by atoms with E-state index in [0.717, 1.165) is 18.5 Å². The first-order valence-corrected chi connectivity index (χ1v) is 4.87. The van der Waals surface area contributed by atoms with E-state index in [1.165, 1.54) is 0 Å². The normalized spacial score (nSPS) is 15.8. The number of rotatable bonds is 2. The molecule has 0 amide bonds. The fourth-order valence-electron chi connectivity index (χ4n) is 1.21. The molecule has 1 fully saturated rings. The van der Waals surface area contributed by atoms with E-state index in [1.807, 2.05) is 6.07 Å². The second-order valence-corrected chi connectivity index (χ2v) is 4.00. The topological polar surface area (TPSA) is 50.2 Å². The van der Waals surface area contributed by atoms with E-state index >= 15 is 0 Å². The van der Waals surface area contributed by atoms with Gasteiger partial charge in [0.1, 0.15) is 0 Å². The predicted molar refractivity (Wildman–Crippen MR) is 50.9 cm³/mol. The summed E-state index contributed by atoms with van der Waals surface area (Å²) in [6, 6.07) is 3.64. The van der Waals surface area contributed by atoms with Crippen LogP contribution in [0.4, 0.5) is 0 Å². The molecule has 0 bridgehead atoms. The van der Waals surface area contributed by atoms with Gasteiger partial charge >= 0.3 is 5.97 Å². The summed E-state index contributed by atoms with van der Waals surface area (Å²) >= 11 is 3.16. The highest BCUT2D eigenvalue weighted by molar-refractivity contribution is 9.10. The average Bonchev–Trinajstić information content (AvgIpc) is 2.87. The van der Waals surface area contributed by atoms with Crippen molar-refractivity contribution >= 4 is 21.9 Å². The highest BCUT2D eigenvalue weighted by atomic mass is 79.9. The lowest BCUT2D eigenvalue weighted by molar-refractivity contribution is 0.0689. The number of hydrogen-bond donors (Lipinski definition) is 1. The summed E-state index contributed by atoms with van der Waals surface area (Å²) in [7, 11) is 0. The molecule has 0 aliphatic heterocycles. The Balaban J connectivity index is 2.41. The van der Waals surface area contributed by atoms with Crippen LogP contribution < -0.4 is 0 Å². The van der Waals surface area contributed by atoms with Gasteiger partial charge in [-0.05, 0) is 40.9 Å². The molecular weight excluding hydrogens is 234 g/mol. The van der Waals surface area contributed by atoms with Crippen molar-refractivity contribution in [1.82, 2.24) is 4.98 Å². The molecule has 0 unspecified atom stereocenters. The Morgan fingerprint density at radius 1 is 1.54 bits per heavy atom. The summed E-state index contributed by atoms with van der Waals surface area (Å²) < 4.78 is 0.546. The van der Waals surface area contributed by atoms with E-state index in [1.54, 1.807) is 6.07 Å². The zero-order valence-corrected chi connectivity index (χ0v) is 8.41. The first kappa shape index (κ1) is 8.69. The lowest BCUT2D eigenvalue weighted by atomic mass is 10.2. The molecule has 0 saturated heterocycles. The van der Waals surface area contributed by atoms with Crippen LogP contribution in [-0.2, 0) is 0 Å². The van der Waals surface area contributed by atoms with Gasteiger partial charge < -0.3 is 5.11 Å². The van der Waals surface area contributed by atoms with E-state index in [9.17, 15) is 4.79 Å². The highest BCUT2D eigenvalue weighted by Crippen LogP contribution is 2.39. The summed E-state index contributed by atoms with van der Waals surface area (Å²) in [5, 5.41) is 8.80. The SMILES string of the molecule is O=C(O)c1nc(C2CC2)ccc1Br. The lowest BCUT2D eigenvalue weighted by Crippen LogP contribution is -2.03. The highest BCUT2D eigenvalue weighted by Gasteiger charge is 2.26. The monoisotopic (exact) mass is 241 g/mol. The second-order valence-electron chi connectivity index (χ2n) is 3.15. The number of pyridine rings is 1. The van der Waals surface area contributed by atoms with Crippen LogP contribution in [-0.4, -0.2) is 16.1 Å². The average molecular weight is 242 g/mol. The number of carboxylic acids is 1. The van der Waals surface area contributed by atoms with Crippen molar-refractivity contribution in [3.8, 4) is 0 Å². The van der Waals surface area contributed by atoms with Crippen LogP contribution in [0.1, 0.15) is 34.9 Å². The van der Waals surface area contributed by atoms with E-state index in [-0.39, 0.29) is 5.69 Å². The quantitative estimate of drug-likeness (QED) is 0.866. The van der Waals surface area contributed by atoms with Gasteiger partial charge in [-0.25, -0.2) is 9.78 Å². The van der Waals surface area contributed by atoms with E-state index in [4.69, 9.17) is 5.11 Å². The van der Waals surface area contributed by atoms with Crippen LogP contribution in [0.2, 0.25) is 0 Å². The Bertz CT molecular complexity index is 361. The Morgan fingerprint density at radius 3 is 2.77 bits per heavy atom. The first-order chi connectivity index (χ1) is 6.18. The molecule has 0 spiro atoms. The molecule has 1 saturated carbocycles. The molecule has 3 nitrogen and oxygen atoms in total. The number of hydrogen-bond acceptors (Lipinski definition) is 2. The van der Waals surface area contributed by atoms with Gasteiger partial charge in [-0.3, -0.25) is 0 Å². The zero-order chi connectivity index (χ0) is 9.42. The summed E-state index contributed by atoms with van der Waals surface area (Å²) in [4.78, 5) is 14.8. The van der Waals surface area contributed by atoms with E-state index in [2.05, 4.69) is 20.9 Å². The fraction of sp³-hybridized carbons (Fsp3) is 0.333. The van der Waals surface area contributed by atoms with Crippen LogP contribution in [0, 0.1) is 0 Å². The van der Waals surface area contributed by atoms with Gasteiger partial charge in [0, 0.05) is 11.6 Å². The molecule has 1 N–H and O–H groups in total. The summed E-state index contributed by atoms with van der Waals surface area (Å²) in [6.07, 6.45) is 2.27. The summed E-state index contributed by atoms with van der Waals surface area (Å²) in [6.45, 7) is 0. The molecule has 1 aliphatic carbocycles. The number of carbonyl (C=O) groups is 1. The van der Waals surface area contributed by atoms with Gasteiger partial charge in [-0.15, -0.1) is 0 Å². The third-order valence-corrected chi connectivity index (χ3v) is 2.71. The molecule has 0 radical (unpaired) electrons. The van der Waals surface area contributed by atoms with Crippen molar-refractivity contribution in [2.75, 3.05) is 0 Å². The van der Waals surface area contributed by atoms with Crippen LogP contribution in [0.3, 0.4) is 0 Å². The first-order valence-electron chi connectivity index (χ1n) is 4.08. The zero-order valence-electron chi connectivity index (χ0n) is 6.83. The lowest BCUT2D eigenvalue weighted by Gasteiger charge is -2.01. The van der Waals surface area contributed by atoms with Crippen molar-refractivity contribution in [2.45, 2.75) is 18.8 Å². The third kappa shape index (κ3) is 1.72. The van der Waals surface area contributed by atoms with Crippen LogP contribution in [0.25, 0.3) is 0 Å². The summed E-state index contributed by atoms with van der Waals surface area (Å²) in [5.41, 5.74) is 1.02. The number of carboxylic acid groups (broad SMARTS) is 1. The molecular formula is C9H8BrNO2. The van der Waals surface area contributed by atoms with Gasteiger partial charge in [0.25, 0.3) is 0 Å². The number of halogens is 1. The Morgan fingerprint density at radius 2 is 2.23 bits per heavy atom. The van der Waals surface area contributed by atoms with Gasteiger partial charge in [0.05, 0.1) is 4.47 Å². The Labute approximate surface area is 83.9 Å². The van der Waals surface area contributed by atoms with Gasteiger partial charge in [-0.2, -0.15) is 0 Å². The maximum Gasteiger partial charge on any atom is 0.355 e. The van der Waals surface area contributed by atoms with Crippen molar-refractivity contribution in [2.24, 2.45) is 0 Å². The van der Waals surface area contributed by atoms with Crippen LogP contribution in [0.5, 0.6) is 0 Å². The maximum absolute atomic E-state index is 10.7. The molecule has 1 aliphatic rings. The maximum atomic E-state index is 10.7. The van der Waals surface area contributed by atoms with Gasteiger partial charge in [0.15, 0.2) is 5.69 Å². The second kappa shape index (κ2) is 3.10. The Kier molecular flexibility index (Phi) is 2.07. The Hall–Kier alpha value is -0.900. The minimum absolute atomic E-state index is 0.115. The number of aromatic nitrogens is 1. The minimum atomic E-state index is -0.977. The number of aromatic carboxylic acids is 1. The molecule has 1 aromatic rings. The van der Waals surface area contributed by atoms with Crippen LogP contribution >= 0.6 is 15.9 Å². The van der Waals surface area contributed by atoms with E-state index in [0.29, 0.717) is 10.4 Å².